The first kappa shape index (κ1) is 17.3. The molecule has 0 radical (unpaired) electrons. The Morgan fingerprint density at radius 2 is 1.93 bits per heavy atom. The number of aromatic nitrogens is 7. The minimum Gasteiger partial charge on any atom is -0.333 e. The summed E-state index contributed by atoms with van der Waals surface area (Å²) in [6, 6.07) is 9.81. The van der Waals surface area contributed by atoms with Gasteiger partial charge in [-0.15, -0.1) is 0 Å². The summed E-state index contributed by atoms with van der Waals surface area (Å²) >= 11 is 0. The van der Waals surface area contributed by atoms with Gasteiger partial charge in [0, 0.05) is 35.5 Å². The summed E-state index contributed by atoms with van der Waals surface area (Å²) in [5.41, 5.74) is 4.59. The number of rotatable bonds is 5. The van der Waals surface area contributed by atoms with Gasteiger partial charge in [-0.05, 0) is 36.2 Å². The number of nitrogens with one attached hydrogen (secondary N) is 1. The number of hydrogen-bond donors (Lipinski definition) is 1. The molecule has 5 rings (SSSR count). The van der Waals surface area contributed by atoms with Crippen LogP contribution in [0.5, 0.6) is 0 Å². The largest absolute Gasteiger partial charge is 0.333 e. The molecule has 0 spiro atoms. The highest BCUT2D eigenvalue weighted by atomic mass is 16.5. The Labute approximate surface area is 166 Å². The molecule has 8 nitrogen and oxygen atoms in total. The maximum Gasteiger partial charge on any atom is 0.262 e. The van der Waals surface area contributed by atoms with Crippen molar-refractivity contribution in [3.8, 4) is 34.1 Å². The molecule has 4 aromatic heterocycles. The second-order valence-corrected chi connectivity index (χ2v) is 7.31. The van der Waals surface area contributed by atoms with Crippen LogP contribution in [0, 0.1) is 5.92 Å². The van der Waals surface area contributed by atoms with Crippen LogP contribution in [0.4, 0.5) is 0 Å². The molecule has 0 atom stereocenters. The van der Waals surface area contributed by atoms with E-state index in [0.717, 1.165) is 39.8 Å². The van der Waals surface area contributed by atoms with Crippen LogP contribution in [0.1, 0.15) is 13.8 Å². The van der Waals surface area contributed by atoms with Crippen molar-refractivity contribution in [2.75, 3.05) is 0 Å². The van der Waals surface area contributed by atoms with Crippen LogP contribution in [0.25, 0.3) is 45.0 Å². The van der Waals surface area contributed by atoms with Gasteiger partial charge in [0.15, 0.2) is 0 Å². The fourth-order valence-corrected chi connectivity index (χ4v) is 3.37. The lowest BCUT2D eigenvalue weighted by Crippen LogP contribution is -2.07. The molecular formula is C21H19N7O. The van der Waals surface area contributed by atoms with Gasteiger partial charge in [-0.3, -0.25) is 14.8 Å². The number of hydrogen-bond acceptors (Lipinski definition) is 6. The van der Waals surface area contributed by atoms with E-state index in [1.54, 1.807) is 24.8 Å². The molecule has 0 saturated heterocycles. The lowest BCUT2D eigenvalue weighted by Gasteiger charge is -2.10. The third-order valence-electron chi connectivity index (χ3n) is 4.69. The quantitative estimate of drug-likeness (QED) is 0.487. The van der Waals surface area contributed by atoms with Gasteiger partial charge in [0.05, 0.1) is 29.2 Å². The summed E-state index contributed by atoms with van der Waals surface area (Å²) in [6.07, 6.45) is 7.10. The van der Waals surface area contributed by atoms with Gasteiger partial charge in [-0.25, -0.2) is 0 Å². The van der Waals surface area contributed by atoms with E-state index in [1.807, 2.05) is 35.0 Å². The average molecular weight is 385 g/mol. The number of benzene rings is 1. The highest BCUT2D eigenvalue weighted by Gasteiger charge is 2.21. The smallest absolute Gasteiger partial charge is 0.262 e. The van der Waals surface area contributed by atoms with E-state index in [4.69, 9.17) is 4.52 Å². The van der Waals surface area contributed by atoms with Gasteiger partial charge in [-0.1, -0.05) is 19.0 Å². The molecule has 0 aliphatic carbocycles. The van der Waals surface area contributed by atoms with Crippen molar-refractivity contribution in [1.82, 2.24) is 35.1 Å². The molecule has 1 aromatic carbocycles. The maximum atomic E-state index is 5.63. The molecular weight excluding hydrogens is 366 g/mol. The highest BCUT2D eigenvalue weighted by molar-refractivity contribution is 5.83. The molecule has 0 amide bonds. The molecule has 8 heteroatoms. The van der Waals surface area contributed by atoms with E-state index in [0.29, 0.717) is 17.6 Å². The van der Waals surface area contributed by atoms with Crippen molar-refractivity contribution in [2.24, 2.45) is 5.92 Å². The van der Waals surface area contributed by atoms with Crippen LogP contribution < -0.4 is 0 Å². The highest BCUT2D eigenvalue weighted by Crippen LogP contribution is 2.33. The van der Waals surface area contributed by atoms with Crippen molar-refractivity contribution < 1.29 is 4.52 Å². The van der Waals surface area contributed by atoms with E-state index in [-0.39, 0.29) is 0 Å². The first-order valence-electron chi connectivity index (χ1n) is 9.43. The second kappa shape index (κ2) is 6.97. The van der Waals surface area contributed by atoms with E-state index in [2.05, 4.69) is 44.3 Å². The SMILES string of the molecule is CC(C)Cn1ncc(-c2nc(-c3ccc4[nH]ncc4c3)no2)c1-c1ccncc1. The Kier molecular flexibility index (Phi) is 4.16. The van der Waals surface area contributed by atoms with Crippen LogP contribution >= 0.6 is 0 Å². The molecule has 0 aliphatic heterocycles. The summed E-state index contributed by atoms with van der Waals surface area (Å²) in [5, 5.41) is 16.8. The summed E-state index contributed by atoms with van der Waals surface area (Å²) in [7, 11) is 0. The van der Waals surface area contributed by atoms with E-state index >= 15 is 0 Å². The minimum absolute atomic E-state index is 0.439. The van der Waals surface area contributed by atoms with Crippen molar-refractivity contribution >= 4 is 10.9 Å². The first-order valence-corrected chi connectivity index (χ1v) is 9.43. The van der Waals surface area contributed by atoms with Crippen LogP contribution in [0.2, 0.25) is 0 Å². The summed E-state index contributed by atoms with van der Waals surface area (Å²) < 4.78 is 7.61. The topological polar surface area (TPSA) is 98.3 Å². The number of pyridine rings is 1. The zero-order chi connectivity index (χ0) is 19.8. The van der Waals surface area contributed by atoms with Crippen LogP contribution in [-0.4, -0.2) is 35.1 Å². The standard InChI is InChI=1S/C21H19N7O/c1-13(2)12-28-19(14-5-7-22-8-6-14)17(11-24-28)21-25-20(27-29-21)15-3-4-18-16(9-15)10-23-26-18/h3-11,13H,12H2,1-2H3,(H,23,26). The van der Waals surface area contributed by atoms with Gasteiger partial charge >= 0.3 is 0 Å². The van der Waals surface area contributed by atoms with Crippen molar-refractivity contribution in [3.63, 3.8) is 0 Å². The number of H-pyrrole nitrogens is 1. The summed E-state index contributed by atoms with van der Waals surface area (Å²) in [6.45, 7) is 5.11. The predicted octanol–water partition coefficient (Wildman–Crippen LogP) is 4.19. The van der Waals surface area contributed by atoms with E-state index in [1.165, 1.54) is 0 Å². The third kappa shape index (κ3) is 3.18. The van der Waals surface area contributed by atoms with E-state index < -0.39 is 0 Å². The molecule has 0 saturated carbocycles. The van der Waals surface area contributed by atoms with Crippen LogP contribution in [0.15, 0.2) is 59.6 Å². The lowest BCUT2D eigenvalue weighted by atomic mass is 10.1. The third-order valence-corrected chi connectivity index (χ3v) is 4.69. The van der Waals surface area contributed by atoms with Crippen LogP contribution in [0.3, 0.4) is 0 Å². The van der Waals surface area contributed by atoms with Gasteiger partial charge in [-0.2, -0.15) is 15.2 Å². The average Bonchev–Trinajstić information content (AvgIpc) is 3.46. The normalized spacial score (nSPS) is 11.6. The Hall–Kier alpha value is -3.81. The second-order valence-electron chi connectivity index (χ2n) is 7.31. The monoisotopic (exact) mass is 385 g/mol. The van der Waals surface area contributed by atoms with Gasteiger partial charge in [0.1, 0.15) is 0 Å². The molecule has 4 heterocycles. The molecule has 0 bridgehead atoms. The Bertz CT molecular complexity index is 1270. The van der Waals surface area contributed by atoms with Crippen molar-refractivity contribution in [2.45, 2.75) is 20.4 Å². The molecule has 5 aromatic rings. The maximum absolute atomic E-state index is 5.63. The summed E-state index contributed by atoms with van der Waals surface area (Å²) in [5.74, 6) is 1.41. The van der Waals surface area contributed by atoms with E-state index in [9.17, 15) is 0 Å². The van der Waals surface area contributed by atoms with Gasteiger partial charge in [0.25, 0.3) is 5.89 Å². The van der Waals surface area contributed by atoms with Gasteiger partial charge in [0.2, 0.25) is 5.82 Å². The lowest BCUT2D eigenvalue weighted by molar-refractivity contribution is 0.432. The molecule has 0 aliphatic rings. The predicted molar refractivity (Wildman–Crippen MR) is 109 cm³/mol. The first-order chi connectivity index (χ1) is 14.2. The fraction of sp³-hybridized carbons (Fsp3) is 0.190. The van der Waals surface area contributed by atoms with Crippen molar-refractivity contribution in [1.29, 1.82) is 0 Å². The molecule has 144 valence electrons. The number of fused-ring (bicyclic) bond motifs is 1. The molecule has 29 heavy (non-hydrogen) atoms. The van der Waals surface area contributed by atoms with Crippen molar-refractivity contribution in [3.05, 3.63) is 55.1 Å². The Morgan fingerprint density at radius 3 is 2.76 bits per heavy atom. The van der Waals surface area contributed by atoms with Gasteiger partial charge < -0.3 is 4.52 Å². The Morgan fingerprint density at radius 1 is 1.07 bits per heavy atom. The molecule has 0 fully saturated rings. The zero-order valence-corrected chi connectivity index (χ0v) is 16.1. The number of aromatic amines is 1. The zero-order valence-electron chi connectivity index (χ0n) is 16.1. The van der Waals surface area contributed by atoms with Crippen LogP contribution in [-0.2, 0) is 6.54 Å². The molecule has 1 N–H and O–H groups in total. The minimum atomic E-state index is 0.439. The fourth-order valence-electron chi connectivity index (χ4n) is 3.37. The number of nitrogens with zero attached hydrogens (tertiary/aromatic N) is 6. The Balaban J connectivity index is 1.58. The summed E-state index contributed by atoms with van der Waals surface area (Å²) in [4.78, 5) is 8.77. The molecule has 0 unspecified atom stereocenters.